The van der Waals surface area contributed by atoms with E-state index in [9.17, 15) is 0 Å². The van der Waals surface area contributed by atoms with Crippen molar-refractivity contribution in [1.29, 1.82) is 0 Å². The van der Waals surface area contributed by atoms with Gasteiger partial charge in [0.15, 0.2) is 0 Å². The van der Waals surface area contributed by atoms with E-state index in [2.05, 4.69) is 32.7 Å². The average molecular weight is 261 g/mol. The van der Waals surface area contributed by atoms with Crippen LogP contribution in [0.4, 0.5) is 0 Å². The van der Waals surface area contributed by atoms with Gasteiger partial charge in [0, 0.05) is 39.6 Å². The minimum Gasteiger partial charge on any atom is -0.377 e. The molecule has 4 nitrogen and oxygen atoms in total. The van der Waals surface area contributed by atoms with Gasteiger partial charge in [-0.1, -0.05) is 20.8 Å². The summed E-state index contributed by atoms with van der Waals surface area (Å²) >= 11 is 0. The zero-order valence-electron chi connectivity index (χ0n) is 12.3. The van der Waals surface area contributed by atoms with E-state index in [0.29, 0.717) is 0 Å². The van der Waals surface area contributed by atoms with Gasteiger partial charge in [-0.15, -0.1) is 0 Å². The molecule has 0 saturated carbocycles. The Morgan fingerprint density at radius 3 is 1.88 bits per heavy atom. The first-order valence-electron chi connectivity index (χ1n) is 5.98. The molecule has 0 aliphatic rings. The van der Waals surface area contributed by atoms with Crippen LogP contribution in [-0.2, 0) is 13.3 Å². The van der Waals surface area contributed by atoms with Gasteiger partial charge in [0.2, 0.25) is 0 Å². The van der Waals surface area contributed by atoms with Crippen molar-refractivity contribution in [2.45, 2.75) is 40.2 Å². The molecule has 0 amide bonds. The Kier molecular flexibility index (Phi) is 7.16. The molecule has 0 aromatic rings. The minimum atomic E-state index is -2.40. The number of hydrogen-bond acceptors (Lipinski definition) is 4. The van der Waals surface area contributed by atoms with Crippen molar-refractivity contribution in [3.8, 4) is 0 Å². The van der Waals surface area contributed by atoms with E-state index in [4.69, 9.17) is 13.3 Å². The van der Waals surface area contributed by atoms with Gasteiger partial charge < -0.3 is 13.3 Å². The van der Waals surface area contributed by atoms with Crippen LogP contribution in [0.5, 0.6) is 0 Å². The summed E-state index contributed by atoms with van der Waals surface area (Å²) in [5, 5.41) is 0. The third kappa shape index (κ3) is 5.77. The summed E-state index contributed by atoms with van der Waals surface area (Å²) in [6.45, 7) is 9.39. The zero-order valence-corrected chi connectivity index (χ0v) is 13.3. The van der Waals surface area contributed by atoms with E-state index in [-0.39, 0.29) is 5.41 Å². The third-order valence-corrected chi connectivity index (χ3v) is 5.84. The van der Waals surface area contributed by atoms with Gasteiger partial charge in [-0.2, -0.15) is 0 Å². The molecule has 0 rings (SSSR count). The molecule has 0 unspecified atom stereocenters. The summed E-state index contributed by atoms with van der Waals surface area (Å²) in [5.41, 5.74) is 1.33. The SMILES string of the molecule is CO[Si](CCCN=C(C)C(C)(C)C)(OC)OC. The van der Waals surface area contributed by atoms with Crippen LogP contribution < -0.4 is 0 Å². The summed E-state index contributed by atoms with van der Waals surface area (Å²) in [5.74, 6) is 0. The average Bonchev–Trinajstić information content (AvgIpc) is 2.29. The molecule has 102 valence electrons. The summed E-state index contributed by atoms with van der Waals surface area (Å²) in [7, 11) is 2.52. The molecule has 0 saturated heterocycles. The van der Waals surface area contributed by atoms with E-state index in [1.54, 1.807) is 21.3 Å². The Hall–Kier alpha value is -0.233. The van der Waals surface area contributed by atoms with Gasteiger partial charge in [-0.3, -0.25) is 4.99 Å². The molecule has 0 aliphatic heterocycles. The molecule has 0 aliphatic carbocycles. The van der Waals surface area contributed by atoms with Gasteiger partial charge in [-0.25, -0.2) is 0 Å². The maximum Gasteiger partial charge on any atom is 0.500 e. The molecule has 0 spiro atoms. The standard InChI is InChI=1S/C12H27NO3Si/c1-11(12(2,3)4)13-9-8-10-17(14-5,15-6)16-7/h8-10H2,1-7H3. The smallest absolute Gasteiger partial charge is 0.377 e. The Balaban J connectivity index is 4.15. The van der Waals surface area contributed by atoms with Crippen molar-refractivity contribution in [3.63, 3.8) is 0 Å². The molecule has 0 N–H and O–H groups in total. The van der Waals surface area contributed by atoms with E-state index in [1.807, 2.05) is 0 Å². The highest BCUT2D eigenvalue weighted by Crippen LogP contribution is 2.17. The van der Waals surface area contributed by atoms with E-state index in [0.717, 1.165) is 19.0 Å². The van der Waals surface area contributed by atoms with Crippen LogP contribution >= 0.6 is 0 Å². The normalized spacial score (nSPS) is 14.2. The van der Waals surface area contributed by atoms with Gasteiger partial charge in [0.1, 0.15) is 0 Å². The molecule has 5 heteroatoms. The quantitative estimate of drug-likeness (QED) is 0.402. The largest absolute Gasteiger partial charge is 0.500 e. The lowest BCUT2D eigenvalue weighted by molar-refractivity contribution is 0.123. The summed E-state index contributed by atoms with van der Waals surface area (Å²) in [4.78, 5) is 4.57. The molecular formula is C12H27NO3Si. The summed E-state index contributed by atoms with van der Waals surface area (Å²) in [6, 6.07) is 0.803. The second-order valence-corrected chi connectivity index (χ2v) is 8.21. The van der Waals surface area contributed by atoms with Crippen LogP contribution in [0.15, 0.2) is 4.99 Å². The maximum absolute atomic E-state index is 5.36. The lowest BCUT2D eigenvalue weighted by Crippen LogP contribution is -2.42. The Morgan fingerprint density at radius 2 is 1.53 bits per heavy atom. The fourth-order valence-corrected chi connectivity index (χ4v) is 3.04. The van der Waals surface area contributed by atoms with Crippen molar-refractivity contribution in [2.24, 2.45) is 10.4 Å². The number of hydrogen-bond donors (Lipinski definition) is 0. The zero-order chi connectivity index (χ0) is 13.5. The minimum absolute atomic E-state index is 0.151. The van der Waals surface area contributed by atoms with Gasteiger partial charge >= 0.3 is 8.80 Å². The van der Waals surface area contributed by atoms with Crippen molar-refractivity contribution in [3.05, 3.63) is 0 Å². The molecule has 0 radical (unpaired) electrons. The second kappa shape index (κ2) is 7.26. The maximum atomic E-state index is 5.36. The third-order valence-electron chi connectivity index (χ3n) is 3.01. The predicted molar refractivity (Wildman–Crippen MR) is 73.6 cm³/mol. The lowest BCUT2D eigenvalue weighted by Gasteiger charge is -2.24. The first-order chi connectivity index (χ1) is 7.81. The number of rotatable bonds is 7. The van der Waals surface area contributed by atoms with Gasteiger partial charge in [0.05, 0.1) is 0 Å². The topological polar surface area (TPSA) is 40.0 Å². The number of aliphatic imine (C=N–C) groups is 1. The van der Waals surface area contributed by atoms with E-state index in [1.165, 1.54) is 5.71 Å². The molecule has 0 fully saturated rings. The van der Waals surface area contributed by atoms with Crippen molar-refractivity contribution in [2.75, 3.05) is 27.9 Å². The molecule has 17 heavy (non-hydrogen) atoms. The van der Waals surface area contributed by atoms with Crippen molar-refractivity contribution in [1.82, 2.24) is 0 Å². The number of nitrogens with zero attached hydrogens (tertiary/aromatic N) is 1. The Labute approximate surface area is 107 Å². The Bertz CT molecular complexity index is 236. The molecule has 0 bridgehead atoms. The molecule has 0 heterocycles. The van der Waals surface area contributed by atoms with Crippen molar-refractivity contribution >= 4 is 14.5 Å². The van der Waals surface area contributed by atoms with Crippen LogP contribution in [0.1, 0.15) is 34.1 Å². The fraction of sp³-hybridized carbons (Fsp3) is 0.917. The van der Waals surface area contributed by atoms with E-state index < -0.39 is 8.80 Å². The second-order valence-electron chi connectivity index (χ2n) is 5.12. The van der Waals surface area contributed by atoms with Gasteiger partial charge in [0.25, 0.3) is 0 Å². The lowest BCUT2D eigenvalue weighted by atomic mass is 9.91. The molecular weight excluding hydrogens is 234 g/mol. The first-order valence-corrected chi connectivity index (χ1v) is 7.91. The highest BCUT2D eigenvalue weighted by molar-refractivity contribution is 6.60. The Morgan fingerprint density at radius 1 is 1.06 bits per heavy atom. The monoisotopic (exact) mass is 261 g/mol. The molecule has 0 aromatic carbocycles. The van der Waals surface area contributed by atoms with Crippen LogP contribution in [0.25, 0.3) is 0 Å². The van der Waals surface area contributed by atoms with Crippen molar-refractivity contribution < 1.29 is 13.3 Å². The van der Waals surface area contributed by atoms with Crippen LogP contribution in [0.2, 0.25) is 6.04 Å². The summed E-state index contributed by atoms with van der Waals surface area (Å²) in [6.07, 6.45) is 0.926. The molecule has 0 aromatic heterocycles. The van der Waals surface area contributed by atoms with Gasteiger partial charge in [-0.05, 0) is 18.8 Å². The summed E-state index contributed by atoms with van der Waals surface area (Å²) < 4.78 is 16.1. The van der Waals surface area contributed by atoms with Crippen LogP contribution in [0.3, 0.4) is 0 Å². The molecule has 0 atom stereocenters. The first kappa shape index (κ1) is 16.8. The van der Waals surface area contributed by atoms with E-state index >= 15 is 0 Å². The highest BCUT2D eigenvalue weighted by atomic mass is 28.4. The fourth-order valence-electron chi connectivity index (χ4n) is 1.34. The predicted octanol–water partition coefficient (Wildman–Crippen LogP) is 2.76. The van der Waals surface area contributed by atoms with Crippen LogP contribution in [0, 0.1) is 5.41 Å². The highest BCUT2D eigenvalue weighted by Gasteiger charge is 2.36. The van der Waals surface area contributed by atoms with Crippen LogP contribution in [-0.4, -0.2) is 42.4 Å².